The van der Waals surface area contributed by atoms with E-state index < -0.39 is 0 Å². The van der Waals surface area contributed by atoms with E-state index in [2.05, 4.69) is 22.3 Å². The smallest absolute Gasteiger partial charge is 0.282 e. The fourth-order valence-electron chi connectivity index (χ4n) is 4.05. The zero-order valence-corrected chi connectivity index (χ0v) is 15.7. The fourth-order valence-corrected chi connectivity index (χ4v) is 4.05. The number of piperidine rings is 2. The molecule has 0 spiro atoms. The number of anilines is 2. The van der Waals surface area contributed by atoms with Gasteiger partial charge in [-0.3, -0.25) is 9.59 Å². The Hall–Kier alpha value is -2.08. The molecule has 26 heavy (non-hydrogen) atoms. The Bertz CT molecular complexity index is 617. The predicted octanol–water partition coefficient (Wildman–Crippen LogP) is 0.784. The number of quaternary nitrogens is 1. The van der Waals surface area contributed by atoms with Gasteiger partial charge in [-0.2, -0.15) is 0 Å². The lowest BCUT2D eigenvalue weighted by molar-refractivity contribution is -0.919. The van der Waals surface area contributed by atoms with Crippen LogP contribution in [0.4, 0.5) is 11.4 Å². The van der Waals surface area contributed by atoms with E-state index in [1.807, 2.05) is 19.1 Å². The lowest BCUT2D eigenvalue weighted by Gasteiger charge is -2.31. The molecule has 4 N–H and O–H groups in total. The van der Waals surface area contributed by atoms with Gasteiger partial charge in [0.15, 0.2) is 6.04 Å². The second kappa shape index (κ2) is 8.54. The van der Waals surface area contributed by atoms with Crippen LogP contribution in [-0.2, 0) is 9.59 Å². The maximum absolute atomic E-state index is 12.6. The van der Waals surface area contributed by atoms with Crippen LogP contribution in [0.3, 0.4) is 0 Å². The summed E-state index contributed by atoms with van der Waals surface area (Å²) in [5, 5.41) is 3.03. The molecule has 0 unspecified atom stereocenters. The third-order valence-corrected chi connectivity index (χ3v) is 5.89. The van der Waals surface area contributed by atoms with Gasteiger partial charge in [-0.1, -0.05) is 0 Å². The second-order valence-corrected chi connectivity index (χ2v) is 7.64. The summed E-state index contributed by atoms with van der Waals surface area (Å²) in [5.74, 6) is -0.213. The molecule has 1 atom stereocenters. The molecule has 142 valence electrons. The van der Waals surface area contributed by atoms with E-state index in [0.29, 0.717) is 0 Å². The van der Waals surface area contributed by atoms with Crippen LogP contribution in [0.15, 0.2) is 24.3 Å². The van der Waals surface area contributed by atoms with Gasteiger partial charge in [0.1, 0.15) is 0 Å². The van der Waals surface area contributed by atoms with E-state index in [1.54, 1.807) is 0 Å². The molecule has 1 aromatic carbocycles. The second-order valence-electron chi connectivity index (χ2n) is 7.64. The topological polar surface area (TPSA) is 79.9 Å². The highest BCUT2D eigenvalue weighted by Crippen LogP contribution is 2.21. The average molecular weight is 359 g/mol. The van der Waals surface area contributed by atoms with Gasteiger partial charge < -0.3 is 20.9 Å². The summed E-state index contributed by atoms with van der Waals surface area (Å²) in [6.45, 7) is 5.82. The summed E-state index contributed by atoms with van der Waals surface area (Å²) in [6.07, 6.45) is 5.37. The van der Waals surface area contributed by atoms with Crippen molar-refractivity contribution >= 4 is 23.2 Å². The van der Waals surface area contributed by atoms with Gasteiger partial charge in [-0.05, 0) is 50.5 Å². The highest BCUT2D eigenvalue weighted by molar-refractivity contribution is 5.93. The first-order valence-corrected chi connectivity index (χ1v) is 9.84. The van der Waals surface area contributed by atoms with Crippen molar-refractivity contribution in [2.45, 2.75) is 45.1 Å². The molecule has 2 amide bonds. The van der Waals surface area contributed by atoms with Crippen LogP contribution in [-0.4, -0.2) is 44.0 Å². The zero-order valence-electron chi connectivity index (χ0n) is 15.7. The van der Waals surface area contributed by atoms with Crippen LogP contribution < -0.4 is 20.9 Å². The van der Waals surface area contributed by atoms with E-state index in [9.17, 15) is 9.59 Å². The Kier molecular flexibility index (Phi) is 6.14. The number of rotatable bonds is 5. The van der Waals surface area contributed by atoms with Crippen molar-refractivity contribution in [1.82, 2.24) is 0 Å². The van der Waals surface area contributed by atoms with Gasteiger partial charge in [0, 0.05) is 43.2 Å². The first-order chi connectivity index (χ1) is 12.5. The van der Waals surface area contributed by atoms with Gasteiger partial charge in [0.05, 0.1) is 13.1 Å². The Labute approximate surface area is 155 Å². The Morgan fingerprint density at radius 2 is 1.73 bits per heavy atom. The van der Waals surface area contributed by atoms with Crippen LogP contribution in [0, 0.1) is 5.92 Å². The molecule has 1 aromatic rings. The first-order valence-electron chi connectivity index (χ1n) is 9.84. The summed E-state index contributed by atoms with van der Waals surface area (Å²) >= 11 is 0. The number of nitrogens with two attached hydrogens (primary N) is 1. The van der Waals surface area contributed by atoms with Gasteiger partial charge in [-0.25, -0.2) is 0 Å². The zero-order chi connectivity index (χ0) is 18.5. The minimum Gasteiger partial charge on any atom is -0.372 e. The number of hydrogen-bond donors (Lipinski definition) is 3. The van der Waals surface area contributed by atoms with Gasteiger partial charge >= 0.3 is 0 Å². The molecule has 2 heterocycles. The molecule has 6 nitrogen and oxygen atoms in total. The van der Waals surface area contributed by atoms with Crippen molar-refractivity contribution in [2.24, 2.45) is 11.7 Å². The highest BCUT2D eigenvalue weighted by atomic mass is 16.2. The monoisotopic (exact) mass is 359 g/mol. The largest absolute Gasteiger partial charge is 0.372 e. The highest BCUT2D eigenvalue weighted by Gasteiger charge is 2.32. The summed E-state index contributed by atoms with van der Waals surface area (Å²) < 4.78 is 0. The third kappa shape index (κ3) is 4.55. The van der Waals surface area contributed by atoms with Gasteiger partial charge in [-0.15, -0.1) is 0 Å². The molecule has 0 aliphatic carbocycles. The molecule has 2 fully saturated rings. The van der Waals surface area contributed by atoms with Gasteiger partial charge in [0.25, 0.3) is 5.91 Å². The molecular weight excluding hydrogens is 328 g/mol. The van der Waals surface area contributed by atoms with Crippen molar-refractivity contribution in [2.75, 3.05) is 36.4 Å². The van der Waals surface area contributed by atoms with Crippen LogP contribution in [0.2, 0.25) is 0 Å². The number of benzene rings is 1. The number of carbonyl (C=O) groups excluding carboxylic acids is 2. The fraction of sp³-hybridized carbons (Fsp3) is 0.600. The van der Waals surface area contributed by atoms with E-state index in [-0.39, 0.29) is 23.8 Å². The summed E-state index contributed by atoms with van der Waals surface area (Å²) in [4.78, 5) is 27.5. The summed E-state index contributed by atoms with van der Waals surface area (Å²) in [5.41, 5.74) is 7.46. The average Bonchev–Trinajstić information content (AvgIpc) is 2.68. The first kappa shape index (κ1) is 18.7. The minimum absolute atomic E-state index is 0.0308. The van der Waals surface area contributed by atoms with Crippen LogP contribution in [0.1, 0.15) is 39.0 Å². The van der Waals surface area contributed by atoms with Crippen molar-refractivity contribution < 1.29 is 14.5 Å². The number of amides is 2. The lowest BCUT2D eigenvalue weighted by Crippen LogP contribution is -3.17. The Morgan fingerprint density at radius 1 is 1.12 bits per heavy atom. The maximum Gasteiger partial charge on any atom is 0.282 e. The van der Waals surface area contributed by atoms with Crippen LogP contribution in [0.25, 0.3) is 0 Å². The number of carbonyl (C=O) groups is 2. The van der Waals surface area contributed by atoms with E-state index in [1.165, 1.54) is 29.8 Å². The molecule has 0 aromatic heterocycles. The van der Waals surface area contributed by atoms with Crippen molar-refractivity contribution in [3.8, 4) is 0 Å². The molecule has 0 saturated carbocycles. The molecular formula is C20H31N4O2+. The lowest BCUT2D eigenvalue weighted by atomic mass is 9.95. The minimum atomic E-state index is -0.213. The van der Waals surface area contributed by atoms with Gasteiger partial charge in [0.2, 0.25) is 5.91 Å². The number of primary amides is 1. The molecule has 6 heteroatoms. The Balaban J connectivity index is 1.51. The van der Waals surface area contributed by atoms with E-state index in [0.717, 1.165) is 44.7 Å². The third-order valence-electron chi connectivity index (χ3n) is 5.89. The maximum atomic E-state index is 12.6. The molecule has 2 aliphatic rings. The van der Waals surface area contributed by atoms with Crippen LogP contribution in [0.5, 0.6) is 0 Å². The number of hydrogen-bond acceptors (Lipinski definition) is 3. The molecule has 3 rings (SSSR count). The number of nitrogens with one attached hydrogen (secondary N) is 2. The summed E-state index contributed by atoms with van der Waals surface area (Å²) in [6, 6.07) is 8.03. The standard InChI is InChI=1S/C20H30N4O2/c1-15(23-13-9-16(10-14-23)19(21)25)20(26)22-17-5-7-18(8-6-17)24-11-3-2-4-12-24/h5-8,15-16H,2-4,9-14H2,1H3,(H2,21,25)(H,22,26)/p+1/t15-/m1/s1. The normalized spacial score (nSPS) is 24.7. The Morgan fingerprint density at radius 3 is 2.31 bits per heavy atom. The van der Waals surface area contributed by atoms with E-state index in [4.69, 9.17) is 5.73 Å². The predicted molar refractivity (Wildman–Crippen MR) is 103 cm³/mol. The molecule has 0 bridgehead atoms. The van der Waals surface area contributed by atoms with E-state index >= 15 is 0 Å². The SMILES string of the molecule is C[C@H](C(=O)Nc1ccc(N2CCCCC2)cc1)[NH+]1CCC(C(N)=O)CC1. The summed E-state index contributed by atoms with van der Waals surface area (Å²) in [7, 11) is 0. The molecule has 2 aliphatic heterocycles. The van der Waals surface area contributed by atoms with Crippen molar-refractivity contribution in [3.05, 3.63) is 24.3 Å². The number of likely N-dealkylation sites (tertiary alicyclic amines) is 1. The van der Waals surface area contributed by atoms with Crippen molar-refractivity contribution in [3.63, 3.8) is 0 Å². The molecule has 2 saturated heterocycles. The van der Waals surface area contributed by atoms with Crippen LogP contribution >= 0.6 is 0 Å². The molecule has 0 radical (unpaired) electrons. The number of nitrogens with zero attached hydrogens (tertiary/aromatic N) is 1. The van der Waals surface area contributed by atoms with Crippen molar-refractivity contribution in [1.29, 1.82) is 0 Å². The quantitative estimate of drug-likeness (QED) is 0.727.